The van der Waals surface area contributed by atoms with Crippen LogP contribution >= 0.6 is 0 Å². The number of rotatable bonds is 3. The van der Waals surface area contributed by atoms with E-state index in [1.807, 2.05) is 13.8 Å². The normalized spacial score (nSPS) is 11.1. The van der Waals surface area contributed by atoms with Crippen molar-refractivity contribution in [2.24, 2.45) is 0 Å². The molecule has 0 aliphatic heterocycles. The minimum absolute atomic E-state index is 0.00227. The molecule has 0 aliphatic rings. The molecule has 0 saturated heterocycles. The fourth-order valence-electron chi connectivity index (χ4n) is 1.80. The van der Waals surface area contributed by atoms with E-state index < -0.39 is 11.6 Å². The standard InChI is InChI=1S/C13H14F2N2O2/c1-6(2)12-11(17-13(16)19-12)7-4-9(15)10(18-3)5-8(7)14/h4-6H,1-3H3,(H2,16,17). The third kappa shape index (κ3) is 2.38. The second kappa shape index (κ2) is 4.87. The number of ether oxygens (including phenoxy) is 1. The van der Waals surface area contributed by atoms with Crippen LogP contribution in [0.3, 0.4) is 0 Å². The van der Waals surface area contributed by atoms with Gasteiger partial charge in [-0.05, 0) is 6.07 Å². The van der Waals surface area contributed by atoms with Crippen LogP contribution in [-0.4, -0.2) is 12.1 Å². The summed E-state index contributed by atoms with van der Waals surface area (Å²) < 4.78 is 37.6. The number of anilines is 1. The fourth-order valence-corrected chi connectivity index (χ4v) is 1.80. The van der Waals surface area contributed by atoms with Crippen molar-refractivity contribution in [3.63, 3.8) is 0 Å². The molecule has 2 N–H and O–H groups in total. The quantitative estimate of drug-likeness (QED) is 0.927. The SMILES string of the molecule is COc1cc(F)c(-c2nc(N)oc2C(C)C)cc1F. The first-order valence-electron chi connectivity index (χ1n) is 5.73. The average Bonchev–Trinajstić information content (AvgIpc) is 2.73. The molecule has 0 radical (unpaired) electrons. The summed E-state index contributed by atoms with van der Waals surface area (Å²) in [6.07, 6.45) is 0. The maximum atomic E-state index is 14.0. The van der Waals surface area contributed by atoms with Gasteiger partial charge in [0.2, 0.25) is 0 Å². The molecule has 1 aromatic heterocycles. The molecule has 1 heterocycles. The van der Waals surface area contributed by atoms with Gasteiger partial charge in [-0.1, -0.05) is 13.8 Å². The molecule has 0 saturated carbocycles. The van der Waals surface area contributed by atoms with Crippen LogP contribution < -0.4 is 10.5 Å². The van der Waals surface area contributed by atoms with Crippen LogP contribution in [0, 0.1) is 11.6 Å². The highest BCUT2D eigenvalue weighted by Crippen LogP contribution is 2.34. The fraction of sp³-hybridized carbons (Fsp3) is 0.308. The van der Waals surface area contributed by atoms with Gasteiger partial charge in [0.15, 0.2) is 11.6 Å². The first-order chi connectivity index (χ1) is 8.93. The van der Waals surface area contributed by atoms with E-state index in [2.05, 4.69) is 4.98 Å². The number of oxazole rings is 1. The number of methoxy groups -OCH3 is 1. The molecular weight excluding hydrogens is 254 g/mol. The monoisotopic (exact) mass is 268 g/mol. The Hall–Kier alpha value is -2.11. The van der Waals surface area contributed by atoms with E-state index in [1.165, 1.54) is 7.11 Å². The van der Waals surface area contributed by atoms with Gasteiger partial charge in [-0.2, -0.15) is 4.98 Å². The van der Waals surface area contributed by atoms with Crippen molar-refractivity contribution in [3.05, 3.63) is 29.5 Å². The summed E-state index contributed by atoms with van der Waals surface area (Å²) in [5, 5.41) is 0. The largest absolute Gasteiger partial charge is 0.494 e. The van der Waals surface area contributed by atoms with Gasteiger partial charge in [-0.3, -0.25) is 0 Å². The van der Waals surface area contributed by atoms with Gasteiger partial charge in [0.1, 0.15) is 17.3 Å². The van der Waals surface area contributed by atoms with E-state index in [9.17, 15) is 8.78 Å². The summed E-state index contributed by atoms with van der Waals surface area (Å²) in [5.41, 5.74) is 5.70. The van der Waals surface area contributed by atoms with Gasteiger partial charge < -0.3 is 14.9 Å². The van der Waals surface area contributed by atoms with Crippen molar-refractivity contribution < 1.29 is 17.9 Å². The van der Waals surface area contributed by atoms with Crippen LogP contribution in [0.5, 0.6) is 5.75 Å². The van der Waals surface area contributed by atoms with Crippen molar-refractivity contribution in [2.75, 3.05) is 12.8 Å². The minimum atomic E-state index is -0.671. The zero-order valence-electron chi connectivity index (χ0n) is 10.8. The van der Waals surface area contributed by atoms with Crippen LogP contribution in [0.25, 0.3) is 11.3 Å². The molecule has 2 rings (SSSR count). The van der Waals surface area contributed by atoms with E-state index in [1.54, 1.807) is 0 Å². The van der Waals surface area contributed by atoms with Crippen molar-refractivity contribution in [1.29, 1.82) is 0 Å². The van der Waals surface area contributed by atoms with Gasteiger partial charge in [0, 0.05) is 17.5 Å². The number of halogens is 2. The van der Waals surface area contributed by atoms with Crippen molar-refractivity contribution in [3.8, 4) is 17.0 Å². The first kappa shape index (κ1) is 13.3. The summed E-state index contributed by atoms with van der Waals surface area (Å²) in [6, 6.07) is 1.92. The predicted molar refractivity (Wildman–Crippen MR) is 66.9 cm³/mol. The van der Waals surface area contributed by atoms with E-state index in [0.717, 1.165) is 12.1 Å². The second-order valence-electron chi connectivity index (χ2n) is 4.39. The number of benzene rings is 1. The zero-order valence-corrected chi connectivity index (χ0v) is 10.8. The summed E-state index contributed by atoms with van der Waals surface area (Å²) >= 11 is 0. The second-order valence-corrected chi connectivity index (χ2v) is 4.39. The van der Waals surface area contributed by atoms with E-state index in [-0.39, 0.29) is 28.9 Å². The van der Waals surface area contributed by atoms with E-state index in [4.69, 9.17) is 14.9 Å². The molecule has 0 spiro atoms. The molecule has 0 unspecified atom stereocenters. The van der Waals surface area contributed by atoms with Gasteiger partial charge in [-0.25, -0.2) is 8.78 Å². The molecule has 0 aliphatic carbocycles. The predicted octanol–water partition coefficient (Wildman–Crippen LogP) is 3.33. The summed E-state index contributed by atoms with van der Waals surface area (Å²) in [4.78, 5) is 3.92. The lowest BCUT2D eigenvalue weighted by molar-refractivity contribution is 0.383. The van der Waals surface area contributed by atoms with Crippen molar-refractivity contribution >= 4 is 6.01 Å². The van der Waals surface area contributed by atoms with Crippen LogP contribution in [0.1, 0.15) is 25.5 Å². The zero-order chi connectivity index (χ0) is 14.2. The lowest BCUT2D eigenvalue weighted by atomic mass is 10.0. The Kier molecular flexibility index (Phi) is 3.42. The first-order valence-corrected chi connectivity index (χ1v) is 5.73. The number of hydrogen-bond acceptors (Lipinski definition) is 4. The molecule has 102 valence electrons. The number of hydrogen-bond donors (Lipinski definition) is 1. The Morgan fingerprint density at radius 3 is 2.53 bits per heavy atom. The van der Waals surface area contributed by atoms with Gasteiger partial charge >= 0.3 is 0 Å². The average molecular weight is 268 g/mol. The molecule has 4 nitrogen and oxygen atoms in total. The molecule has 0 fully saturated rings. The third-order valence-corrected chi connectivity index (χ3v) is 2.69. The maximum Gasteiger partial charge on any atom is 0.292 e. The smallest absolute Gasteiger partial charge is 0.292 e. The number of nitrogen functional groups attached to an aromatic ring is 1. The highest BCUT2D eigenvalue weighted by Gasteiger charge is 2.21. The van der Waals surface area contributed by atoms with Gasteiger partial charge in [0.25, 0.3) is 6.01 Å². The highest BCUT2D eigenvalue weighted by atomic mass is 19.1. The van der Waals surface area contributed by atoms with E-state index in [0.29, 0.717) is 5.76 Å². The Morgan fingerprint density at radius 2 is 1.95 bits per heavy atom. The van der Waals surface area contributed by atoms with Crippen molar-refractivity contribution in [1.82, 2.24) is 4.98 Å². The molecule has 6 heteroatoms. The third-order valence-electron chi connectivity index (χ3n) is 2.69. The van der Waals surface area contributed by atoms with Crippen LogP contribution in [-0.2, 0) is 0 Å². The highest BCUT2D eigenvalue weighted by molar-refractivity contribution is 5.65. The van der Waals surface area contributed by atoms with Crippen LogP contribution in [0.2, 0.25) is 0 Å². The molecule has 2 aromatic rings. The Balaban J connectivity index is 2.62. The summed E-state index contributed by atoms with van der Waals surface area (Å²) in [5.74, 6) is -1.11. The topological polar surface area (TPSA) is 61.3 Å². The molecule has 0 amide bonds. The Morgan fingerprint density at radius 1 is 1.26 bits per heavy atom. The van der Waals surface area contributed by atoms with Crippen molar-refractivity contribution in [2.45, 2.75) is 19.8 Å². The molecule has 1 aromatic carbocycles. The van der Waals surface area contributed by atoms with Gasteiger partial charge in [-0.15, -0.1) is 0 Å². The minimum Gasteiger partial charge on any atom is -0.494 e. The molecular formula is C13H14F2N2O2. The lowest BCUT2D eigenvalue weighted by Gasteiger charge is -2.07. The Labute approximate surface area is 109 Å². The number of aromatic nitrogens is 1. The molecule has 0 bridgehead atoms. The van der Waals surface area contributed by atoms with Gasteiger partial charge in [0.05, 0.1) is 7.11 Å². The number of nitrogens with zero attached hydrogens (tertiary/aromatic N) is 1. The summed E-state index contributed by atoms with van der Waals surface area (Å²) in [6.45, 7) is 3.70. The lowest BCUT2D eigenvalue weighted by Crippen LogP contribution is -1.96. The Bertz CT molecular complexity index is 609. The summed E-state index contributed by atoms with van der Waals surface area (Å²) in [7, 11) is 1.27. The van der Waals surface area contributed by atoms with E-state index >= 15 is 0 Å². The number of nitrogens with two attached hydrogens (primary N) is 1. The maximum absolute atomic E-state index is 14.0. The van der Waals surface area contributed by atoms with Crippen LogP contribution in [0.4, 0.5) is 14.8 Å². The molecule has 0 atom stereocenters. The molecule has 19 heavy (non-hydrogen) atoms. The van der Waals surface area contributed by atoms with Crippen LogP contribution in [0.15, 0.2) is 16.5 Å².